The van der Waals surface area contributed by atoms with Gasteiger partial charge in [0, 0.05) is 26.6 Å². The zero-order valence-corrected chi connectivity index (χ0v) is 16.0. The summed E-state index contributed by atoms with van der Waals surface area (Å²) >= 11 is 0. The van der Waals surface area contributed by atoms with Crippen LogP contribution in [0.15, 0.2) is 30.3 Å². The summed E-state index contributed by atoms with van der Waals surface area (Å²) in [6, 6.07) is 9.91. The van der Waals surface area contributed by atoms with Crippen LogP contribution in [0.1, 0.15) is 24.8 Å². The smallest absolute Gasteiger partial charge is 0.223 e. The molecule has 1 amide bonds. The molecule has 1 N–H and O–H groups in total. The van der Waals surface area contributed by atoms with Gasteiger partial charge in [0.15, 0.2) is 0 Å². The second-order valence-corrected chi connectivity index (χ2v) is 9.07. The fraction of sp³-hybridized carbons (Fsp3) is 0.611. The highest BCUT2D eigenvalue weighted by atomic mass is 32.2. The first-order valence-corrected chi connectivity index (χ1v) is 10.4. The molecule has 1 aliphatic rings. The Morgan fingerprint density at radius 2 is 1.84 bits per heavy atom. The minimum absolute atomic E-state index is 0.0606. The standard InChI is InChI=1S/C18H29N3O3S/c1-20(2)25(23,24)14-6-11-21-12-9-17(10-13-21)18(22)19-15-16-7-4-3-5-8-16/h3-5,7-8,17H,6,9-15H2,1-2H3,(H,19,22). The van der Waals surface area contributed by atoms with E-state index in [-0.39, 0.29) is 17.6 Å². The highest BCUT2D eigenvalue weighted by Gasteiger charge is 2.25. The van der Waals surface area contributed by atoms with E-state index in [9.17, 15) is 13.2 Å². The molecule has 2 rings (SSSR count). The van der Waals surface area contributed by atoms with E-state index < -0.39 is 10.0 Å². The van der Waals surface area contributed by atoms with E-state index in [0.717, 1.165) is 38.0 Å². The van der Waals surface area contributed by atoms with Crippen molar-refractivity contribution in [1.82, 2.24) is 14.5 Å². The van der Waals surface area contributed by atoms with Gasteiger partial charge in [-0.25, -0.2) is 12.7 Å². The van der Waals surface area contributed by atoms with Gasteiger partial charge in [0.2, 0.25) is 15.9 Å². The average molecular weight is 368 g/mol. The quantitative estimate of drug-likeness (QED) is 0.752. The minimum atomic E-state index is -3.11. The lowest BCUT2D eigenvalue weighted by Crippen LogP contribution is -2.41. The zero-order valence-electron chi connectivity index (χ0n) is 15.1. The van der Waals surface area contributed by atoms with Crippen LogP contribution in [-0.2, 0) is 21.4 Å². The largest absolute Gasteiger partial charge is 0.352 e. The molecular formula is C18H29N3O3S. The topological polar surface area (TPSA) is 69.7 Å². The molecule has 140 valence electrons. The van der Waals surface area contributed by atoms with Gasteiger partial charge in [0.05, 0.1) is 5.75 Å². The van der Waals surface area contributed by atoms with Gasteiger partial charge in [0.1, 0.15) is 0 Å². The Labute approximate surface area is 151 Å². The van der Waals surface area contributed by atoms with Crippen molar-refractivity contribution >= 4 is 15.9 Å². The number of nitrogens with one attached hydrogen (secondary N) is 1. The van der Waals surface area contributed by atoms with Gasteiger partial charge in [-0.3, -0.25) is 4.79 Å². The number of carbonyl (C=O) groups is 1. The molecule has 0 spiro atoms. The van der Waals surface area contributed by atoms with Gasteiger partial charge in [-0.05, 0) is 44.5 Å². The molecule has 0 radical (unpaired) electrons. The molecule has 1 heterocycles. The van der Waals surface area contributed by atoms with Crippen molar-refractivity contribution in [3.8, 4) is 0 Å². The third-order valence-electron chi connectivity index (χ3n) is 4.70. The first-order chi connectivity index (χ1) is 11.9. The molecule has 1 aliphatic heterocycles. The monoisotopic (exact) mass is 367 g/mol. The summed E-state index contributed by atoms with van der Waals surface area (Å²) in [7, 11) is 0.0143. The van der Waals surface area contributed by atoms with Gasteiger partial charge in [0.25, 0.3) is 0 Å². The molecule has 6 nitrogen and oxygen atoms in total. The van der Waals surface area contributed by atoms with Crippen LogP contribution in [0, 0.1) is 5.92 Å². The molecule has 0 saturated carbocycles. The fourth-order valence-electron chi connectivity index (χ4n) is 3.00. The van der Waals surface area contributed by atoms with Crippen LogP contribution in [0.25, 0.3) is 0 Å². The number of piperidine rings is 1. The molecule has 0 bridgehead atoms. The van der Waals surface area contributed by atoms with Crippen molar-refractivity contribution in [2.45, 2.75) is 25.8 Å². The SMILES string of the molecule is CN(C)S(=O)(=O)CCCN1CCC(C(=O)NCc2ccccc2)CC1. The molecule has 1 saturated heterocycles. The van der Waals surface area contributed by atoms with Gasteiger partial charge in [-0.1, -0.05) is 30.3 Å². The number of nitrogens with zero attached hydrogens (tertiary/aromatic N) is 2. The van der Waals surface area contributed by atoms with Crippen LogP contribution in [0.5, 0.6) is 0 Å². The van der Waals surface area contributed by atoms with Gasteiger partial charge in [-0.2, -0.15) is 0 Å². The van der Waals surface area contributed by atoms with Crippen molar-refractivity contribution in [3.63, 3.8) is 0 Å². The van der Waals surface area contributed by atoms with E-state index >= 15 is 0 Å². The van der Waals surface area contributed by atoms with Crippen molar-refractivity contribution in [2.75, 3.05) is 39.5 Å². The molecule has 1 aromatic carbocycles. The third kappa shape index (κ3) is 6.41. The van der Waals surface area contributed by atoms with E-state index in [1.54, 1.807) is 14.1 Å². The van der Waals surface area contributed by atoms with Crippen LogP contribution in [-0.4, -0.2) is 63.0 Å². The van der Waals surface area contributed by atoms with Crippen LogP contribution >= 0.6 is 0 Å². The van der Waals surface area contributed by atoms with Crippen molar-refractivity contribution in [2.24, 2.45) is 5.92 Å². The first-order valence-electron chi connectivity index (χ1n) is 8.82. The number of likely N-dealkylation sites (tertiary alicyclic amines) is 1. The summed E-state index contributed by atoms with van der Waals surface area (Å²) in [6.07, 6.45) is 2.30. The van der Waals surface area contributed by atoms with Gasteiger partial charge in [-0.15, -0.1) is 0 Å². The molecule has 0 unspecified atom stereocenters. The zero-order chi connectivity index (χ0) is 18.3. The summed E-state index contributed by atoms with van der Waals surface area (Å²) in [5.74, 6) is 0.362. The van der Waals surface area contributed by atoms with Crippen LogP contribution in [0.4, 0.5) is 0 Å². The Morgan fingerprint density at radius 3 is 2.44 bits per heavy atom. The molecule has 0 aromatic heterocycles. The molecule has 0 atom stereocenters. The number of sulfonamides is 1. The molecule has 25 heavy (non-hydrogen) atoms. The van der Waals surface area contributed by atoms with E-state index in [4.69, 9.17) is 0 Å². The molecular weight excluding hydrogens is 338 g/mol. The lowest BCUT2D eigenvalue weighted by molar-refractivity contribution is -0.126. The Balaban J connectivity index is 1.66. The Morgan fingerprint density at radius 1 is 1.20 bits per heavy atom. The van der Waals surface area contributed by atoms with E-state index in [1.807, 2.05) is 30.3 Å². The Hall–Kier alpha value is -1.44. The van der Waals surface area contributed by atoms with Crippen LogP contribution in [0.3, 0.4) is 0 Å². The highest BCUT2D eigenvalue weighted by Crippen LogP contribution is 2.18. The maximum Gasteiger partial charge on any atom is 0.223 e. The van der Waals surface area contributed by atoms with E-state index in [0.29, 0.717) is 13.0 Å². The molecule has 0 aliphatic carbocycles. The average Bonchev–Trinajstić information content (AvgIpc) is 2.61. The Bertz CT molecular complexity index is 639. The summed E-state index contributed by atoms with van der Waals surface area (Å²) in [6.45, 7) is 3.05. The predicted molar refractivity (Wildman–Crippen MR) is 99.5 cm³/mol. The second-order valence-electron chi connectivity index (χ2n) is 6.77. The number of amides is 1. The Kier molecular flexibility index (Phi) is 7.40. The molecule has 1 aromatic rings. The second kappa shape index (κ2) is 9.31. The number of hydrogen-bond acceptors (Lipinski definition) is 4. The number of carbonyl (C=O) groups excluding carboxylic acids is 1. The van der Waals surface area contributed by atoms with Crippen molar-refractivity contribution < 1.29 is 13.2 Å². The van der Waals surface area contributed by atoms with Gasteiger partial charge >= 0.3 is 0 Å². The highest BCUT2D eigenvalue weighted by molar-refractivity contribution is 7.89. The normalized spacial score (nSPS) is 16.9. The van der Waals surface area contributed by atoms with Crippen molar-refractivity contribution in [1.29, 1.82) is 0 Å². The number of hydrogen-bond donors (Lipinski definition) is 1. The maximum absolute atomic E-state index is 12.3. The molecule has 7 heteroatoms. The van der Waals surface area contributed by atoms with E-state index in [1.165, 1.54) is 4.31 Å². The summed E-state index contributed by atoms with van der Waals surface area (Å²) in [5, 5.41) is 3.02. The number of rotatable bonds is 8. The van der Waals surface area contributed by atoms with Crippen molar-refractivity contribution in [3.05, 3.63) is 35.9 Å². The van der Waals surface area contributed by atoms with Crippen LogP contribution in [0.2, 0.25) is 0 Å². The summed E-state index contributed by atoms with van der Waals surface area (Å²) in [4.78, 5) is 14.5. The summed E-state index contributed by atoms with van der Waals surface area (Å²) in [5.41, 5.74) is 1.11. The lowest BCUT2D eigenvalue weighted by atomic mass is 9.95. The summed E-state index contributed by atoms with van der Waals surface area (Å²) < 4.78 is 24.8. The lowest BCUT2D eigenvalue weighted by Gasteiger charge is -2.31. The third-order valence-corrected chi connectivity index (χ3v) is 6.62. The van der Waals surface area contributed by atoms with Gasteiger partial charge < -0.3 is 10.2 Å². The number of benzene rings is 1. The maximum atomic E-state index is 12.3. The molecule has 1 fully saturated rings. The minimum Gasteiger partial charge on any atom is -0.352 e. The fourth-order valence-corrected chi connectivity index (χ4v) is 3.86. The first kappa shape index (κ1) is 19.9. The van der Waals surface area contributed by atoms with E-state index in [2.05, 4.69) is 10.2 Å². The van der Waals surface area contributed by atoms with Crippen LogP contribution < -0.4 is 5.32 Å². The predicted octanol–water partition coefficient (Wildman–Crippen LogP) is 1.30.